The Labute approximate surface area is 88.0 Å². The van der Waals surface area contributed by atoms with Crippen molar-refractivity contribution in [3.63, 3.8) is 0 Å². The van der Waals surface area contributed by atoms with E-state index in [9.17, 15) is 5.11 Å². The Hall–Kier alpha value is -0.920. The van der Waals surface area contributed by atoms with Crippen LogP contribution in [0, 0.1) is 18.3 Å². The van der Waals surface area contributed by atoms with Gasteiger partial charge in [-0.2, -0.15) is 5.26 Å². The van der Waals surface area contributed by atoms with Gasteiger partial charge in [-0.15, -0.1) is 11.3 Å². The van der Waals surface area contributed by atoms with E-state index in [-0.39, 0.29) is 0 Å². The second-order valence-corrected chi connectivity index (χ2v) is 5.08. The molecular weight excluding hydrogens is 196 g/mol. The second-order valence-electron chi connectivity index (χ2n) is 3.87. The normalized spacial score (nSPS) is 13.7. The number of nitrogens with zero attached hydrogens (tertiary/aromatic N) is 2. The number of rotatable bonds is 2. The number of aliphatic hydroxyl groups is 1. The molecule has 4 heteroatoms. The van der Waals surface area contributed by atoms with Crippen molar-refractivity contribution in [3.8, 4) is 6.07 Å². The first-order chi connectivity index (χ1) is 6.38. The molecule has 0 bridgehead atoms. The molecule has 1 aromatic rings. The molecule has 0 saturated heterocycles. The molecule has 0 amide bonds. The zero-order valence-electron chi connectivity index (χ0n) is 8.83. The molecule has 3 nitrogen and oxygen atoms in total. The van der Waals surface area contributed by atoms with Crippen LogP contribution in [0.1, 0.15) is 42.5 Å². The van der Waals surface area contributed by atoms with E-state index in [1.54, 1.807) is 6.92 Å². The van der Waals surface area contributed by atoms with Crippen molar-refractivity contribution in [1.29, 1.82) is 5.26 Å². The SMILES string of the molecule is Cc1sc(C(C)(C)C#N)nc1C(C)O. The minimum absolute atomic E-state index is 0.561. The molecule has 0 aliphatic heterocycles. The van der Waals surface area contributed by atoms with Gasteiger partial charge in [0.2, 0.25) is 0 Å². The fraction of sp³-hybridized carbons (Fsp3) is 0.600. The lowest BCUT2D eigenvalue weighted by Crippen LogP contribution is -2.13. The van der Waals surface area contributed by atoms with Crippen LogP contribution in [0.5, 0.6) is 0 Å². The third kappa shape index (κ3) is 1.94. The number of aliphatic hydroxyl groups excluding tert-OH is 1. The summed E-state index contributed by atoms with van der Waals surface area (Å²) in [4.78, 5) is 5.28. The van der Waals surface area contributed by atoms with Crippen LogP contribution in [0.3, 0.4) is 0 Å². The Morgan fingerprint density at radius 3 is 2.50 bits per heavy atom. The molecule has 0 radical (unpaired) electrons. The van der Waals surface area contributed by atoms with Crippen LogP contribution in [0.15, 0.2) is 0 Å². The Kier molecular flexibility index (Phi) is 2.93. The molecule has 1 heterocycles. The van der Waals surface area contributed by atoms with Crippen molar-refractivity contribution < 1.29 is 5.11 Å². The van der Waals surface area contributed by atoms with Crippen molar-refractivity contribution in [2.24, 2.45) is 0 Å². The fourth-order valence-corrected chi connectivity index (χ4v) is 2.17. The Morgan fingerprint density at radius 2 is 2.14 bits per heavy atom. The first-order valence-electron chi connectivity index (χ1n) is 4.45. The van der Waals surface area contributed by atoms with Gasteiger partial charge < -0.3 is 5.11 Å². The lowest BCUT2D eigenvalue weighted by molar-refractivity contribution is 0.194. The highest BCUT2D eigenvalue weighted by Crippen LogP contribution is 2.31. The molecule has 0 aliphatic rings. The van der Waals surface area contributed by atoms with Gasteiger partial charge in [-0.05, 0) is 27.7 Å². The summed E-state index contributed by atoms with van der Waals surface area (Å²) in [5.41, 5.74) is 0.121. The van der Waals surface area contributed by atoms with Crippen molar-refractivity contribution in [3.05, 3.63) is 15.6 Å². The number of nitriles is 1. The van der Waals surface area contributed by atoms with Crippen LogP contribution in [-0.4, -0.2) is 10.1 Å². The Bertz CT molecular complexity index is 374. The van der Waals surface area contributed by atoms with Crippen molar-refractivity contribution in [2.75, 3.05) is 0 Å². The first-order valence-corrected chi connectivity index (χ1v) is 5.27. The molecule has 0 aromatic carbocycles. The van der Waals surface area contributed by atoms with Gasteiger partial charge in [0.15, 0.2) is 0 Å². The van der Waals surface area contributed by atoms with E-state index in [2.05, 4.69) is 11.1 Å². The number of aryl methyl sites for hydroxylation is 1. The summed E-state index contributed by atoms with van der Waals surface area (Å²) in [5, 5.41) is 19.1. The average molecular weight is 210 g/mol. The summed E-state index contributed by atoms with van der Waals surface area (Å²) < 4.78 is 0. The highest BCUT2D eigenvalue weighted by atomic mass is 32.1. The Balaban J connectivity index is 3.16. The van der Waals surface area contributed by atoms with Gasteiger partial charge in [0.05, 0.1) is 17.9 Å². The quantitative estimate of drug-likeness (QED) is 0.814. The van der Waals surface area contributed by atoms with Crippen LogP contribution in [0.25, 0.3) is 0 Å². The van der Waals surface area contributed by atoms with E-state index in [1.807, 2.05) is 20.8 Å². The second kappa shape index (κ2) is 3.68. The number of hydrogen-bond acceptors (Lipinski definition) is 4. The monoisotopic (exact) mass is 210 g/mol. The van der Waals surface area contributed by atoms with Crippen molar-refractivity contribution in [1.82, 2.24) is 4.98 Å². The fourth-order valence-electron chi connectivity index (χ4n) is 1.11. The number of thiazole rings is 1. The van der Waals surface area contributed by atoms with Gasteiger partial charge in [-0.3, -0.25) is 0 Å². The van der Waals surface area contributed by atoms with E-state index >= 15 is 0 Å². The summed E-state index contributed by atoms with van der Waals surface area (Å²) >= 11 is 1.48. The van der Waals surface area contributed by atoms with Crippen molar-refractivity contribution in [2.45, 2.75) is 39.2 Å². The van der Waals surface area contributed by atoms with E-state index in [1.165, 1.54) is 11.3 Å². The molecule has 0 spiro atoms. The molecule has 1 rings (SSSR count). The van der Waals surface area contributed by atoms with Crippen molar-refractivity contribution >= 4 is 11.3 Å². The standard InChI is InChI=1S/C10H14N2OS/c1-6(13)8-7(2)14-9(12-8)10(3,4)5-11/h6,13H,1-4H3. The third-order valence-corrected chi connectivity index (χ3v) is 3.35. The van der Waals surface area contributed by atoms with Crippen LogP contribution in [0.4, 0.5) is 0 Å². The van der Waals surface area contributed by atoms with Gasteiger partial charge in [0.25, 0.3) is 0 Å². The maximum atomic E-state index is 9.42. The predicted molar refractivity (Wildman–Crippen MR) is 56.1 cm³/mol. The molecule has 1 aromatic heterocycles. The van der Waals surface area contributed by atoms with E-state index in [0.717, 1.165) is 9.88 Å². The summed E-state index contributed by atoms with van der Waals surface area (Å²) in [7, 11) is 0. The molecule has 1 atom stereocenters. The molecule has 0 aliphatic carbocycles. The highest BCUT2D eigenvalue weighted by Gasteiger charge is 2.26. The van der Waals surface area contributed by atoms with E-state index < -0.39 is 11.5 Å². The third-order valence-electron chi connectivity index (χ3n) is 2.04. The summed E-state index contributed by atoms with van der Waals surface area (Å²) in [6.45, 7) is 7.26. The maximum Gasteiger partial charge on any atom is 0.113 e. The molecule has 1 unspecified atom stereocenters. The van der Waals surface area contributed by atoms with Gasteiger partial charge in [-0.1, -0.05) is 0 Å². The average Bonchev–Trinajstić information content (AvgIpc) is 2.48. The summed E-state index contributed by atoms with van der Waals surface area (Å²) in [6.07, 6.45) is -0.561. The number of aromatic nitrogens is 1. The van der Waals surface area contributed by atoms with Gasteiger partial charge in [0.1, 0.15) is 10.4 Å². The molecular formula is C10H14N2OS. The smallest absolute Gasteiger partial charge is 0.113 e. The van der Waals surface area contributed by atoms with E-state index in [0.29, 0.717) is 5.69 Å². The zero-order valence-corrected chi connectivity index (χ0v) is 9.64. The first kappa shape index (κ1) is 11.2. The van der Waals surface area contributed by atoms with Gasteiger partial charge >= 0.3 is 0 Å². The lowest BCUT2D eigenvalue weighted by atomic mass is 9.97. The molecule has 1 N–H and O–H groups in total. The number of hydrogen-bond donors (Lipinski definition) is 1. The molecule has 0 fully saturated rings. The van der Waals surface area contributed by atoms with Crippen LogP contribution in [0.2, 0.25) is 0 Å². The lowest BCUT2D eigenvalue weighted by Gasteiger charge is -2.10. The Morgan fingerprint density at radius 1 is 1.57 bits per heavy atom. The predicted octanol–water partition coefficient (Wildman–Crippen LogP) is 2.31. The topological polar surface area (TPSA) is 56.9 Å². The zero-order chi connectivity index (χ0) is 10.9. The summed E-state index contributed by atoms with van der Waals surface area (Å²) in [5.74, 6) is 0. The van der Waals surface area contributed by atoms with Gasteiger partial charge in [-0.25, -0.2) is 4.98 Å². The van der Waals surface area contributed by atoms with Crippen LogP contribution in [-0.2, 0) is 5.41 Å². The molecule has 14 heavy (non-hydrogen) atoms. The van der Waals surface area contributed by atoms with Crippen LogP contribution < -0.4 is 0 Å². The highest BCUT2D eigenvalue weighted by molar-refractivity contribution is 7.11. The van der Waals surface area contributed by atoms with E-state index in [4.69, 9.17) is 5.26 Å². The minimum atomic E-state index is -0.567. The van der Waals surface area contributed by atoms with Crippen LogP contribution >= 0.6 is 11.3 Å². The summed E-state index contributed by atoms with van der Waals surface area (Å²) in [6, 6.07) is 2.20. The molecule has 0 saturated carbocycles. The molecule has 76 valence electrons. The largest absolute Gasteiger partial charge is 0.387 e. The minimum Gasteiger partial charge on any atom is -0.387 e. The van der Waals surface area contributed by atoms with Gasteiger partial charge in [0, 0.05) is 4.88 Å². The maximum absolute atomic E-state index is 9.42.